The SMILES string of the molecule is O=C(O)N[C@@H](Cc1ccc([N+](=O)[O-])cc1)C(=O)N[C@@H]1CCCc2ccccc21. The number of amides is 2. The van der Waals surface area contributed by atoms with Crippen LogP contribution in [0.5, 0.6) is 0 Å². The summed E-state index contributed by atoms with van der Waals surface area (Å²) in [6, 6.07) is 12.5. The van der Waals surface area contributed by atoms with Crippen molar-refractivity contribution < 1.29 is 19.6 Å². The van der Waals surface area contributed by atoms with Gasteiger partial charge in [0.2, 0.25) is 5.91 Å². The van der Waals surface area contributed by atoms with E-state index in [1.54, 1.807) is 0 Å². The monoisotopic (exact) mass is 383 g/mol. The van der Waals surface area contributed by atoms with Gasteiger partial charge in [-0.05, 0) is 36.0 Å². The summed E-state index contributed by atoms with van der Waals surface area (Å²) in [5.74, 6) is -0.414. The number of carbonyl (C=O) groups is 2. The number of non-ortho nitro benzene ring substituents is 1. The van der Waals surface area contributed by atoms with Crippen molar-refractivity contribution in [1.29, 1.82) is 0 Å². The third kappa shape index (κ3) is 4.64. The molecule has 0 saturated heterocycles. The van der Waals surface area contributed by atoms with Crippen molar-refractivity contribution in [2.45, 2.75) is 37.8 Å². The molecule has 3 rings (SSSR count). The fourth-order valence-electron chi connectivity index (χ4n) is 3.52. The molecular formula is C20H21N3O5. The van der Waals surface area contributed by atoms with E-state index in [2.05, 4.69) is 10.6 Å². The normalized spacial score (nSPS) is 16.5. The second kappa shape index (κ2) is 8.51. The molecule has 2 aromatic carbocycles. The highest BCUT2D eigenvalue weighted by atomic mass is 16.6. The molecule has 0 bridgehead atoms. The highest BCUT2D eigenvalue weighted by Crippen LogP contribution is 2.29. The molecule has 0 saturated carbocycles. The van der Waals surface area contributed by atoms with E-state index in [9.17, 15) is 19.7 Å². The molecule has 1 aliphatic rings. The van der Waals surface area contributed by atoms with Gasteiger partial charge in [0, 0.05) is 18.6 Å². The first-order valence-corrected chi connectivity index (χ1v) is 9.05. The van der Waals surface area contributed by atoms with Gasteiger partial charge in [-0.15, -0.1) is 0 Å². The number of nitrogens with one attached hydrogen (secondary N) is 2. The predicted molar refractivity (Wildman–Crippen MR) is 102 cm³/mol. The Bertz CT molecular complexity index is 882. The summed E-state index contributed by atoms with van der Waals surface area (Å²) in [5.41, 5.74) is 2.82. The van der Waals surface area contributed by atoms with Crippen molar-refractivity contribution in [3.63, 3.8) is 0 Å². The van der Waals surface area contributed by atoms with E-state index in [1.165, 1.54) is 29.8 Å². The minimum absolute atomic E-state index is 0.0604. The number of aryl methyl sites for hydroxylation is 1. The van der Waals surface area contributed by atoms with E-state index in [0.717, 1.165) is 24.8 Å². The highest BCUT2D eigenvalue weighted by Gasteiger charge is 2.27. The fraction of sp³-hybridized carbons (Fsp3) is 0.300. The lowest BCUT2D eigenvalue weighted by Crippen LogP contribution is -2.48. The van der Waals surface area contributed by atoms with E-state index >= 15 is 0 Å². The molecule has 2 aromatic rings. The summed E-state index contributed by atoms with van der Waals surface area (Å²) in [6.45, 7) is 0. The second-order valence-electron chi connectivity index (χ2n) is 6.78. The van der Waals surface area contributed by atoms with Gasteiger partial charge in [0.1, 0.15) is 6.04 Å². The quantitative estimate of drug-likeness (QED) is 0.523. The first-order valence-electron chi connectivity index (χ1n) is 9.05. The predicted octanol–water partition coefficient (Wildman–Crippen LogP) is 2.97. The van der Waals surface area contributed by atoms with Gasteiger partial charge in [-0.2, -0.15) is 0 Å². The van der Waals surface area contributed by atoms with Crippen LogP contribution < -0.4 is 10.6 Å². The van der Waals surface area contributed by atoms with E-state index in [-0.39, 0.29) is 18.2 Å². The molecule has 0 aliphatic heterocycles. The van der Waals surface area contributed by atoms with Crippen molar-refractivity contribution in [1.82, 2.24) is 10.6 Å². The Morgan fingerprint density at radius 3 is 2.57 bits per heavy atom. The van der Waals surface area contributed by atoms with Crippen LogP contribution >= 0.6 is 0 Å². The summed E-state index contributed by atoms with van der Waals surface area (Å²) in [4.78, 5) is 34.2. The van der Waals surface area contributed by atoms with Crippen LogP contribution in [0.25, 0.3) is 0 Å². The van der Waals surface area contributed by atoms with Gasteiger partial charge in [-0.25, -0.2) is 4.79 Å². The number of carboxylic acid groups (broad SMARTS) is 1. The third-order valence-electron chi connectivity index (χ3n) is 4.89. The molecule has 3 N–H and O–H groups in total. The summed E-state index contributed by atoms with van der Waals surface area (Å²) >= 11 is 0. The van der Waals surface area contributed by atoms with Crippen LogP contribution in [-0.4, -0.2) is 28.1 Å². The van der Waals surface area contributed by atoms with E-state index in [0.29, 0.717) is 5.56 Å². The van der Waals surface area contributed by atoms with Crippen LogP contribution in [-0.2, 0) is 17.6 Å². The number of fused-ring (bicyclic) bond motifs is 1. The van der Waals surface area contributed by atoms with Gasteiger partial charge < -0.3 is 15.7 Å². The maximum absolute atomic E-state index is 12.8. The first-order chi connectivity index (χ1) is 13.4. The molecule has 28 heavy (non-hydrogen) atoms. The lowest BCUT2D eigenvalue weighted by atomic mass is 9.87. The highest BCUT2D eigenvalue weighted by molar-refractivity contribution is 5.86. The third-order valence-corrected chi connectivity index (χ3v) is 4.89. The molecule has 8 heteroatoms. The van der Waals surface area contributed by atoms with E-state index in [1.807, 2.05) is 24.3 Å². The topological polar surface area (TPSA) is 122 Å². The number of hydrogen-bond donors (Lipinski definition) is 3. The van der Waals surface area contributed by atoms with Crippen molar-refractivity contribution in [2.75, 3.05) is 0 Å². The van der Waals surface area contributed by atoms with Crippen LogP contribution in [0.15, 0.2) is 48.5 Å². The lowest BCUT2D eigenvalue weighted by molar-refractivity contribution is -0.384. The lowest BCUT2D eigenvalue weighted by Gasteiger charge is -2.28. The fourth-order valence-corrected chi connectivity index (χ4v) is 3.52. The zero-order valence-electron chi connectivity index (χ0n) is 15.1. The molecule has 0 heterocycles. The zero-order valence-corrected chi connectivity index (χ0v) is 15.1. The molecule has 0 spiro atoms. The average molecular weight is 383 g/mol. The molecular weight excluding hydrogens is 362 g/mol. The van der Waals surface area contributed by atoms with Gasteiger partial charge >= 0.3 is 6.09 Å². The minimum Gasteiger partial charge on any atom is -0.465 e. The molecule has 0 unspecified atom stereocenters. The number of rotatable bonds is 6. The molecule has 2 amide bonds. The van der Waals surface area contributed by atoms with Crippen LogP contribution in [0.2, 0.25) is 0 Å². The van der Waals surface area contributed by atoms with Crippen LogP contribution in [0.3, 0.4) is 0 Å². The van der Waals surface area contributed by atoms with Crippen LogP contribution in [0.1, 0.15) is 35.6 Å². The smallest absolute Gasteiger partial charge is 0.405 e. The summed E-state index contributed by atoms with van der Waals surface area (Å²) in [5, 5.41) is 25.1. The van der Waals surface area contributed by atoms with Crippen LogP contribution in [0.4, 0.5) is 10.5 Å². The zero-order chi connectivity index (χ0) is 20.1. The minimum atomic E-state index is -1.30. The Balaban J connectivity index is 1.73. The summed E-state index contributed by atoms with van der Waals surface area (Å²) in [7, 11) is 0. The number of hydrogen-bond acceptors (Lipinski definition) is 4. The van der Waals surface area contributed by atoms with Crippen molar-refractivity contribution in [2.24, 2.45) is 0 Å². The largest absolute Gasteiger partial charge is 0.465 e. The Morgan fingerprint density at radius 2 is 1.89 bits per heavy atom. The van der Waals surface area contributed by atoms with Gasteiger partial charge in [0.15, 0.2) is 0 Å². The second-order valence-corrected chi connectivity index (χ2v) is 6.78. The number of nitro groups is 1. The molecule has 146 valence electrons. The summed E-state index contributed by atoms with van der Waals surface area (Å²) < 4.78 is 0. The molecule has 0 fully saturated rings. The molecule has 0 aromatic heterocycles. The molecule has 2 atom stereocenters. The standard InChI is InChI=1S/C20H21N3O5/c24-19(21-17-7-3-5-14-4-1-2-6-16(14)17)18(22-20(25)26)12-13-8-10-15(11-9-13)23(27)28/h1-2,4,6,8-11,17-18,22H,3,5,7,12H2,(H,21,24)(H,25,26)/t17-,18+/m1/s1. The van der Waals surface area contributed by atoms with Crippen molar-refractivity contribution in [3.05, 3.63) is 75.3 Å². The number of carbonyl (C=O) groups excluding carboxylic acids is 1. The van der Waals surface area contributed by atoms with Gasteiger partial charge in [0.05, 0.1) is 11.0 Å². The van der Waals surface area contributed by atoms with Crippen molar-refractivity contribution >= 4 is 17.7 Å². The number of benzene rings is 2. The Hall–Kier alpha value is -3.42. The van der Waals surface area contributed by atoms with E-state index in [4.69, 9.17) is 5.11 Å². The van der Waals surface area contributed by atoms with Gasteiger partial charge in [0.25, 0.3) is 5.69 Å². The molecule has 8 nitrogen and oxygen atoms in total. The van der Waals surface area contributed by atoms with Gasteiger partial charge in [-0.1, -0.05) is 36.4 Å². The Labute approximate surface area is 161 Å². The number of nitro benzene ring substituents is 1. The maximum atomic E-state index is 12.8. The maximum Gasteiger partial charge on any atom is 0.405 e. The average Bonchev–Trinajstić information content (AvgIpc) is 2.68. The van der Waals surface area contributed by atoms with E-state index < -0.39 is 23.0 Å². The first kappa shape index (κ1) is 19.3. The Morgan fingerprint density at radius 1 is 1.18 bits per heavy atom. The Kier molecular flexibility index (Phi) is 5.88. The van der Waals surface area contributed by atoms with Crippen molar-refractivity contribution in [3.8, 4) is 0 Å². The molecule has 1 aliphatic carbocycles. The summed E-state index contributed by atoms with van der Waals surface area (Å²) in [6.07, 6.45) is 1.50. The van der Waals surface area contributed by atoms with Crippen LogP contribution in [0, 0.1) is 10.1 Å². The molecule has 0 radical (unpaired) electrons. The number of nitrogens with zero attached hydrogens (tertiary/aromatic N) is 1. The van der Waals surface area contributed by atoms with Gasteiger partial charge in [-0.3, -0.25) is 14.9 Å².